The summed E-state index contributed by atoms with van der Waals surface area (Å²) in [4.78, 5) is 13.7. The van der Waals surface area contributed by atoms with Gasteiger partial charge in [-0.25, -0.2) is 0 Å². The average Bonchev–Trinajstić information content (AvgIpc) is 2.52. The number of carbonyl (C=O) groups excluding carboxylic acids is 1. The fraction of sp³-hybridized carbons (Fsp3) is 0.118. The average molecular weight is 318 g/mol. The molecular formula is C17H13Cl2NO. The largest absolute Gasteiger partial charge is 0.299 e. The zero-order valence-corrected chi connectivity index (χ0v) is 12.6. The van der Waals surface area contributed by atoms with Crippen molar-refractivity contribution in [1.82, 2.24) is 0 Å². The van der Waals surface area contributed by atoms with Crippen LogP contribution in [-0.2, 0) is 4.79 Å². The number of nitrogens with zero attached hydrogens (tertiary/aromatic N) is 1. The number of hydrogen-bond donors (Lipinski definition) is 0. The lowest BCUT2D eigenvalue weighted by Gasteiger charge is -2.47. The molecule has 1 amide bonds. The van der Waals surface area contributed by atoms with Crippen LogP contribution < -0.4 is 4.90 Å². The van der Waals surface area contributed by atoms with Gasteiger partial charge in [-0.1, -0.05) is 83.9 Å². The predicted octanol–water partition coefficient (Wildman–Crippen LogP) is 4.29. The van der Waals surface area contributed by atoms with Gasteiger partial charge >= 0.3 is 0 Å². The van der Waals surface area contributed by atoms with Crippen molar-refractivity contribution in [3.05, 3.63) is 72.3 Å². The Bertz CT molecular complexity index is 668. The first kappa shape index (κ1) is 14.2. The van der Waals surface area contributed by atoms with Crippen molar-refractivity contribution >= 4 is 40.9 Å². The maximum absolute atomic E-state index is 12.1. The first-order valence-corrected chi connectivity index (χ1v) is 7.36. The fourth-order valence-electron chi connectivity index (χ4n) is 2.35. The molecule has 2 nitrogen and oxygen atoms in total. The second-order valence-corrected chi connectivity index (χ2v) is 6.23. The number of rotatable bonds is 3. The lowest BCUT2D eigenvalue weighted by molar-refractivity contribution is -0.124. The normalized spacial score (nSPS) is 20.6. The molecule has 1 aliphatic heterocycles. The third kappa shape index (κ3) is 2.57. The van der Waals surface area contributed by atoms with Gasteiger partial charge in [-0.05, 0) is 17.7 Å². The Balaban J connectivity index is 1.88. The third-order valence-electron chi connectivity index (χ3n) is 3.46. The number of carbonyl (C=O) groups is 1. The van der Waals surface area contributed by atoms with E-state index in [-0.39, 0.29) is 11.9 Å². The molecule has 0 saturated carbocycles. The molecule has 1 heterocycles. The summed E-state index contributed by atoms with van der Waals surface area (Å²) in [5.74, 6) is -0.292. The van der Waals surface area contributed by atoms with Gasteiger partial charge in [-0.3, -0.25) is 9.69 Å². The van der Waals surface area contributed by atoms with Gasteiger partial charge in [0.15, 0.2) is 0 Å². The second-order valence-electron chi connectivity index (χ2n) is 4.85. The highest BCUT2D eigenvalue weighted by molar-refractivity contribution is 6.63. The van der Waals surface area contributed by atoms with Crippen molar-refractivity contribution in [2.24, 2.45) is 0 Å². The van der Waals surface area contributed by atoms with Gasteiger partial charge in [0.25, 0.3) is 5.91 Å². The Morgan fingerprint density at radius 3 is 2.14 bits per heavy atom. The molecule has 2 aromatic carbocycles. The lowest BCUT2D eigenvalue weighted by atomic mass is 9.97. The van der Waals surface area contributed by atoms with Crippen LogP contribution in [0.5, 0.6) is 0 Å². The molecule has 1 atom stereocenters. The number of β-lactam (4-membered cyclic amide) rings is 1. The van der Waals surface area contributed by atoms with E-state index in [9.17, 15) is 4.79 Å². The molecular weight excluding hydrogens is 305 g/mol. The van der Waals surface area contributed by atoms with Gasteiger partial charge in [0.2, 0.25) is 4.33 Å². The van der Waals surface area contributed by atoms with Crippen LogP contribution in [0.4, 0.5) is 5.69 Å². The maximum atomic E-state index is 12.1. The summed E-state index contributed by atoms with van der Waals surface area (Å²) >= 11 is 12.3. The predicted molar refractivity (Wildman–Crippen MR) is 87.6 cm³/mol. The van der Waals surface area contributed by atoms with E-state index in [2.05, 4.69) is 0 Å². The summed E-state index contributed by atoms with van der Waals surface area (Å²) in [5.41, 5.74) is 1.83. The summed E-state index contributed by atoms with van der Waals surface area (Å²) in [7, 11) is 0. The van der Waals surface area contributed by atoms with Crippen LogP contribution in [0.15, 0.2) is 66.7 Å². The van der Waals surface area contributed by atoms with E-state index in [1.54, 1.807) is 4.90 Å². The van der Waals surface area contributed by atoms with Crippen LogP contribution in [-0.4, -0.2) is 16.3 Å². The van der Waals surface area contributed by atoms with Crippen molar-refractivity contribution in [3.8, 4) is 0 Å². The van der Waals surface area contributed by atoms with Crippen LogP contribution in [0, 0.1) is 0 Å². The number of hydrogen-bond acceptors (Lipinski definition) is 1. The molecule has 1 saturated heterocycles. The number of amides is 1. The molecule has 0 N–H and O–H groups in total. The topological polar surface area (TPSA) is 20.3 Å². The monoisotopic (exact) mass is 317 g/mol. The summed E-state index contributed by atoms with van der Waals surface area (Å²) in [6.45, 7) is 0. The Hall–Kier alpha value is -1.77. The summed E-state index contributed by atoms with van der Waals surface area (Å²) in [6.07, 6.45) is 3.79. The van der Waals surface area contributed by atoms with Crippen molar-refractivity contribution in [3.63, 3.8) is 0 Å². The molecule has 21 heavy (non-hydrogen) atoms. The molecule has 4 heteroatoms. The third-order valence-corrected chi connectivity index (χ3v) is 4.23. The SMILES string of the molecule is O=C1N(c2ccccc2)[C@H](/C=C/c2ccccc2)C1(Cl)Cl. The zero-order chi connectivity index (χ0) is 14.9. The van der Waals surface area contributed by atoms with E-state index in [0.29, 0.717) is 0 Å². The standard InChI is InChI=1S/C17H13Cl2NO/c18-17(19)15(12-11-13-7-3-1-4-8-13)20(16(17)21)14-9-5-2-6-10-14/h1-12,15H/b12-11+/t15-/m1/s1. The van der Waals surface area contributed by atoms with Crippen molar-refractivity contribution in [1.29, 1.82) is 0 Å². The van der Waals surface area contributed by atoms with Crippen LogP contribution in [0.25, 0.3) is 6.08 Å². The van der Waals surface area contributed by atoms with E-state index < -0.39 is 4.33 Å². The summed E-state index contributed by atoms with van der Waals surface area (Å²) in [5, 5.41) is 0. The van der Waals surface area contributed by atoms with Gasteiger partial charge in [0.05, 0.1) is 6.04 Å². The van der Waals surface area contributed by atoms with Crippen molar-refractivity contribution in [2.45, 2.75) is 10.4 Å². The molecule has 0 aromatic heterocycles. The highest BCUT2D eigenvalue weighted by Crippen LogP contribution is 2.44. The summed E-state index contributed by atoms with van der Waals surface area (Å²) < 4.78 is -1.40. The molecule has 1 aliphatic rings. The molecule has 3 rings (SSSR count). The molecule has 0 radical (unpaired) electrons. The minimum absolute atomic E-state index is 0.292. The molecule has 2 aromatic rings. The first-order chi connectivity index (χ1) is 10.1. The summed E-state index contributed by atoms with van der Waals surface area (Å²) in [6, 6.07) is 18.8. The number of benzene rings is 2. The van der Waals surface area contributed by atoms with Gasteiger partial charge in [-0.2, -0.15) is 0 Å². The lowest BCUT2D eigenvalue weighted by Crippen LogP contribution is -2.68. The zero-order valence-electron chi connectivity index (χ0n) is 11.1. The van der Waals surface area contributed by atoms with Gasteiger partial charge in [-0.15, -0.1) is 0 Å². The van der Waals surface area contributed by atoms with Crippen molar-refractivity contribution in [2.75, 3.05) is 4.90 Å². The minimum atomic E-state index is -1.40. The number of anilines is 1. The van der Waals surface area contributed by atoms with E-state index in [1.807, 2.05) is 72.8 Å². The van der Waals surface area contributed by atoms with E-state index in [4.69, 9.17) is 23.2 Å². The Kier molecular flexibility index (Phi) is 3.75. The van der Waals surface area contributed by atoms with Crippen molar-refractivity contribution < 1.29 is 4.79 Å². The maximum Gasteiger partial charge on any atom is 0.266 e. The molecule has 0 bridgehead atoms. The molecule has 1 fully saturated rings. The Labute approximate surface area is 133 Å². The molecule has 0 unspecified atom stereocenters. The van der Waals surface area contributed by atoms with E-state index in [1.165, 1.54) is 0 Å². The molecule has 0 spiro atoms. The Morgan fingerprint density at radius 2 is 1.52 bits per heavy atom. The van der Waals surface area contributed by atoms with Crippen LogP contribution in [0.3, 0.4) is 0 Å². The first-order valence-electron chi connectivity index (χ1n) is 6.60. The van der Waals surface area contributed by atoms with Gasteiger partial charge in [0, 0.05) is 5.69 Å². The smallest absolute Gasteiger partial charge is 0.266 e. The van der Waals surface area contributed by atoms with Gasteiger partial charge < -0.3 is 0 Å². The van der Waals surface area contributed by atoms with E-state index >= 15 is 0 Å². The van der Waals surface area contributed by atoms with Gasteiger partial charge in [0.1, 0.15) is 0 Å². The highest BCUT2D eigenvalue weighted by atomic mass is 35.5. The van der Waals surface area contributed by atoms with Crippen LogP contribution >= 0.6 is 23.2 Å². The van der Waals surface area contributed by atoms with Crippen LogP contribution in [0.1, 0.15) is 5.56 Å². The number of halogens is 2. The minimum Gasteiger partial charge on any atom is -0.299 e. The molecule has 106 valence electrons. The number of para-hydroxylation sites is 1. The highest BCUT2D eigenvalue weighted by Gasteiger charge is 2.58. The van der Waals surface area contributed by atoms with E-state index in [0.717, 1.165) is 11.3 Å². The second kappa shape index (κ2) is 5.55. The quantitative estimate of drug-likeness (QED) is 0.611. The Morgan fingerprint density at radius 1 is 0.952 bits per heavy atom. The van der Waals surface area contributed by atoms with Crippen LogP contribution in [0.2, 0.25) is 0 Å². The molecule has 0 aliphatic carbocycles. The number of alkyl halides is 2. The fourth-order valence-corrected chi connectivity index (χ4v) is 2.87.